The normalized spacial score (nSPS) is 11.9. The van der Waals surface area contributed by atoms with Crippen LogP contribution in [0.2, 0.25) is 0 Å². The second-order valence-corrected chi connectivity index (χ2v) is 8.94. The summed E-state index contributed by atoms with van der Waals surface area (Å²) in [4.78, 5) is 15.9. The van der Waals surface area contributed by atoms with Crippen molar-refractivity contribution < 1.29 is 31.1 Å². The molecule has 3 aromatic rings. The number of anilines is 1. The molecule has 0 atom stereocenters. The summed E-state index contributed by atoms with van der Waals surface area (Å²) in [5.41, 5.74) is -3.77. The van der Waals surface area contributed by atoms with Gasteiger partial charge in [0.25, 0.3) is 15.7 Å². The topological polar surface area (TPSA) is 85.4 Å². The lowest BCUT2D eigenvalue weighted by Gasteiger charge is -2.13. The lowest BCUT2D eigenvalue weighted by atomic mass is 10.1. The van der Waals surface area contributed by atoms with Gasteiger partial charge in [-0.2, -0.15) is 13.2 Å². The number of carbonyl (C=O) groups excluding carboxylic acids is 1. The van der Waals surface area contributed by atoms with Crippen LogP contribution in [-0.4, -0.2) is 31.9 Å². The highest BCUT2D eigenvalue weighted by atomic mass is 32.2. The van der Waals surface area contributed by atoms with E-state index in [1.165, 1.54) is 30.6 Å². The van der Waals surface area contributed by atoms with E-state index in [4.69, 9.17) is 4.74 Å². The molecule has 0 fully saturated rings. The Labute approximate surface area is 174 Å². The van der Waals surface area contributed by atoms with Gasteiger partial charge in [-0.3, -0.25) is 4.79 Å². The van der Waals surface area contributed by atoms with Crippen LogP contribution in [0.25, 0.3) is 10.6 Å². The number of nitrogens with zero attached hydrogens (tertiary/aromatic N) is 1. The number of thiazole rings is 1. The molecule has 0 saturated heterocycles. The Morgan fingerprint density at radius 1 is 1.13 bits per heavy atom. The highest BCUT2D eigenvalue weighted by molar-refractivity contribution is 7.92. The average molecular weight is 456 g/mol. The number of halogens is 3. The third kappa shape index (κ3) is 4.31. The number of ether oxygens (including phenoxy) is 1. The zero-order valence-electron chi connectivity index (χ0n) is 15.6. The van der Waals surface area contributed by atoms with Crippen molar-refractivity contribution in [1.29, 1.82) is 0 Å². The standard InChI is InChI=1S/C19H15F3N2O4S2/c1-11-10-29-18(23-11)13-5-3-12(4-6-13)17(25)24-15-9-14(7-8-16(15)28-2)30(26,27)19(20,21)22/h3-10H,1-2H3,(H,24,25). The van der Waals surface area contributed by atoms with E-state index < -0.39 is 26.1 Å². The fraction of sp³-hybridized carbons (Fsp3) is 0.158. The molecule has 1 amide bonds. The van der Waals surface area contributed by atoms with Crippen LogP contribution in [0.4, 0.5) is 18.9 Å². The molecule has 0 saturated carbocycles. The van der Waals surface area contributed by atoms with E-state index in [1.807, 2.05) is 12.3 Å². The first-order valence-corrected chi connectivity index (χ1v) is 10.7. The van der Waals surface area contributed by atoms with Gasteiger partial charge in [0.15, 0.2) is 0 Å². The van der Waals surface area contributed by atoms with E-state index in [0.717, 1.165) is 28.4 Å². The van der Waals surface area contributed by atoms with Crippen molar-refractivity contribution in [1.82, 2.24) is 4.98 Å². The summed E-state index contributed by atoms with van der Waals surface area (Å²) < 4.78 is 66.8. The van der Waals surface area contributed by atoms with Gasteiger partial charge in [-0.05, 0) is 37.3 Å². The molecule has 158 valence electrons. The minimum Gasteiger partial charge on any atom is -0.495 e. The molecule has 0 aliphatic heterocycles. The van der Waals surface area contributed by atoms with Crippen molar-refractivity contribution in [2.75, 3.05) is 12.4 Å². The molecule has 11 heteroatoms. The maximum Gasteiger partial charge on any atom is 0.501 e. The number of nitrogens with one attached hydrogen (secondary N) is 1. The molecule has 0 spiro atoms. The number of rotatable bonds is 5. The summed E-state index contributed by atoms with van der Waals surface area (Å²) in [7, 11) is -4.33. The van der Waals surface area contributed by atoms with Crippen LogP contribution in [0.3, 0.4) is 0 Å². The van der Waals surface area contributed by atoms with Crippen LogP contribution >= 0.6 is 11.3 Å². The molecule has 0 aliphatic rings. The number of alkyl halides is 3. The first-order chi connectivity index (χ1) is 14.0. The van der Waals surface area contributed by atoms with Gasteiger partial charge in [0.2, 0.25) is 0 Å². The molecular formula is C19H15F3N2O4S2. The van der Waals surface area contributed by atoms with E-state index in [2.05, 4.69) is 10.3 Å². The zero-order valence-corrected chi connectivity index (χ0v) is 17.3. The Morgan fingerprint density at radius 2 is 1.80 bits per heavy atom. The molecule has 1 heterocycles. The highest BCUT2D eigenvalue weighted by Crippen LogP contribution is 2.35. The van der Waals surface area contributed by atoms with Gasteiger partial charge in [0.1, 0.15) is 10.8 Å². The molecule has 1 aromatic heterocycles. The molecule has 0 unspecified atom stereocenters. The number of aromatic nitrogens is 1. The van der Waals surface area contributed by atoms with Crippen molar-refractivity contribution in [2.45, 2.75) is 17.3 Å². The molecule has 2 aromatic carbocycles. The third-order valence-corrected chi connectivity index (χ3v) is 6.54. The number of amides is 1. The molecule has 0 bridgehead atoms. The third-order valence-electron chi connectivity index (χ3n) is 4.05. The van der Waals surface area contributed by atoms with Crippen molar-refractivity contribution in [3.63, 3.8) is 0 Å². The van der Waals surface area contributed by atoms with Crippen molar-refractivity contribution >= 4 is 32.8 Å². The summed E-state index contributed by atoms with van der Waals surface area (Å²) in [5.74, 6) is -0.629. The summed E-state index contributed by atoms with van der Waals surface area (Å²) in [6.07, 6.45) is 0. The molecule has 30 heavy (non-hydrogen) atoms. The molecule has 0 radical (unpaired) electrons. The predicted octanol–water partition coefficient (Wildman–Crippen LogP) is 4.67. The largest absolute Gasteiger partial charge is 0.501 e. The minimum atomic E-state index is -5.57. The highest BCUT2D eigenvalue weighted by Gasteiger charge is 2.47. The van der Waals surface area contributed by atoms with E-state index in [0.29, 0.717) is 6.07 Å². The Bertz CT molecular complexity index is 1190. The fourth-order valence-electron chi connectivity index (χ4n) is 2.53. The minimum absolute atomic E-state index is 0.0133. The van der Waals surface area contributed by atoms with Crippen molar-refractivity contribution in [2.24, 2.45) is 0 Å². The Balaban J connectivity index is 1.88. The second kappa shape index (κ2) is 8.07. The van der Waals surface area contributed by atoms with E-state index in [1.54, 1.807) is 12.1 Å². The maximum atomic E-state index is 12.8. The number of aryl methyl sites for hydroxylation is 1. The van der Waals surface area contributed by atoms with Crippen molar-refractivity contribution in [3.05, 3.63) is 59.1 Å². The van der Waals surface area contributed by atoms with Gasteiger partial charge in [-0.25, -0.2) is 13.4 Å². The number of benzene rings is 2. The second-order valence-electron chi connectivity index (χ2n) is 6.14. The van der Waals surface area contributed by atoms with Gasteiger partial charge in [0.05, 0.1) is 17.7 Å². The number of carbonyl (C=O) groups is 1. The van der Waals surface area contributed by atoms with Crippen LogP contribution < -0.4 is 10.1 Å². The average Bonchev–Trinajstić information content (AvgIpc) is 3.13. The summed E-state index contributed by atoms with van der Waals surface area (Å²) >= 11 is 1.45. The van der Waals surface area contributed by atoms with E-state index in [9.17, 15) is 26.4 Å². The molecule has 6 nitrogen and oxygen atoms in total. The SMILES string of the molecule is COc1ccc(S(=O)(=O)C(F)(F)F)cc1NC(=O)c1ccc(-c2nc(C)cs2)cc1. The van der Waals surface area contributed by atoms with Crippen LogP contribution in [-0.2, 0) is 9.84 Å². The number of methoxy groups -OCH3 is 1. The molecule has 0 aliphatic carbocycles. The lowest BCUT2D eigenvalue weighted by molar-refractivity contribution is -0.0436. The Hall–Kier alpha value is -2.92. The van der Waals surface area contributed by atoms with Gasteiger partial charge in [0, 0.05) is 22.2 Å². The first-order valence-electron chi connectivity index (χ1n) is 8.36. The van der Waals surface area contributed by atoms with Gasteiger partial charge in [-0.1, -0.05) is 12.1 Å². The van der Waals surface area contributed by atoms with E-state index >= 15 is 0 Å². The first kappa shape index (κ1) is 21.8. The van der Waals surface area contributed by atoms with Crippen LogP contribution in [0.1, 0.15) is 16.1 Å². The Morgan fingerprint density at radius 3 is 2.33 bits per heavy atom. The Kier molecular flexibility index (Phi) is 5.86. The summed E-state index contributed by atoms with van der Waals surface area (Å²) in [6.45, 7) is 1.86. The van der Waals surface area contributed by atoms with Gasteiger partial charge >= 0.3 is 5.51 Å². The predicted molar refractivity (Wildman–Crippen MR) is 106 cm³/mol. The molecular weight excluding hydrogens is 441 g/mol. The molecule has 1 N–H and O–H groups in total. The van der Waals surface area contributed by atoms with Crippen molar-refractivity contribution in [3.8, 4) is 16.3 Å². The summed E-state index contributed by atoms with van der Waals surface area (Å²) in [6, 6.07) is 8.97. The smallest absolute Gasteiger partial charge is 0.495 e. The van der Waals surface area contributed by atoms with E-state index in [-0.39, 0.29) is 17.0 Å². The number of hydrogen-bond acceptors (Lipinski definition) is 6. The maximum absolute atomic E-state index is 12.8. The lowest BCUT2D eigenvalue weighted by Crippen LogP contribution is -2.23. The van der Waals surface area contributed by atoms with Gasteiger partial charge < -0.3 is 10.1 Å². The fourth-order valence-corrected chi connectivity index (χ4v) is 4.12. The zero-order chi connectivity index (χ0) is 22.1. The van der Waals surface area contributed by atoms with Crippen LogP contribution in [0.5, 0.6) is 5.75 Å². The van der Waals surface area contributed by atoms with Crippen LogP contribution in [0.15, 0.2) is 52.7 Å². The van der Waals surface area contributed by atoms with Crippen LogP contribution in [0, 0.1) is 6.92 Å². The quantitative estimate of drug-likeness (QED) is 0.603. The number of sulfone groups is 1. The number of hydrogen-bond donors (Lipinski definition) is 1. The molecule has 3 rings (SSSR count). The summed E-state index contributed by atoms with van der Waals surface area (Å²) in [5, 5.41) is 5.07. The monoisotopic (exact) mass is 456 g/mol. The van der Waals surface area contributed by atoms with Gasteiger partial charge in [-0.15, -0.1) is 11.3 Å².